The van der Waals surface area contributed by atoms with E-state index < -0.39 is 0 Å². The summed E-state index contributed by atoms with van der Waals surface area (Å²) in [5.74, 6) is 0. The molecule has 0 aromatic heterocycles. The summed E-state index contributed by atoms with van der Waals surface area (Å²) in [4.78, 5) is 0. The Morgan fingerprint density at radius 2 is 0.737 bits per heavy atom. The van der Waals surface area contributed by atoms with Crippen molar-refractivity contribution >= 4 is 0 Å². The highest BCUT2D eigenvalue weighted by atomic mass is 14.9. The Labute approximate surface area is 122 Å². The lowest BCUT2D eigenvalue weighted by atomic mass is 10.1. The maximum absolute atomic E-state index is 3.55. The van der Waals surface area contributed by atoms with E-state index in [9.17, 15) is 0 Å². The van der Waals surface area contributed by atoms with Crippen LogP contribution >= 0.6 is 0 Å². The maximum atomic E-state index is 3.55. The second kappa shape index (κ2) is 9.77. The van der Waals surface area contributed by atoms with E-state index in [0.717, 1.165) is 0 Å². The number of hydrogen-bond donors (Lipinski definition) is 2. The smallest absolute Gasteiger partial charge is 0.00965 e. The topological polar surface area (TPSA) is 24.1 Å². The van der Waals surface area contributed by atoms with Crippen LogP contribution in [0.1, 0.15) is 86.5 Å². The Morgan fingerprint density at radius 3 is 1.00 bits per heavy atom. The molecule has 0 atom stereocenters. The SMILES string of the molecule is CC(C)(C)NCCCCCCCCCNC(C)(C)C. The normalized spacial score (nSPS) is 12.9. The van der Waals surface area contributed by atoms with Crippen molar-refractivity contribution in [3.8, 4) is 0 Å². The molecule has 0 heterocycles. The summed E-state index contributed by atoms with van der Waals surface area (Å²) in [6.07, 6.45) is 9.61. The van der Waals surface area contributed by atoms with Gasteiger partial charge in [-0.2, -0.15) is 0 Å². The van der Waals surface area contributed by atoms with E-state index in [1.54, 1.807) is 0 Å². The predicted molar refractivity (Wildman–Crippen MR) is 87.8 cm³/mol. The number of unbranched alkanes of at least 4 members (excludes halogenated alkanes) is 6. The first-order chi connectivity index (χ1) is 8.71. The van der Waals surface area contributed by atoms with Gasteiger partial charge in [0.1, 0.15) is 0 Å². The first kappa shape index (κ1) is 18.9. The van der Waals surface area contributed by atoms with Crippen molar-refractivity contribution < 1.29 is 0 Å². The van der Waals surface area contributed by atoms with Crippen LogP contribution in [-0.4, -0.2) is 24.2 Å². The van der Waals surface area contributed by atoms with Crippen molar-refractivity contribution in [2.45, 2.75) is 97.6 Å². The minimum absolute atomic E-state index is 0.278. The molecule has 0 saturated carbocycles. The zero-order valence-corrected chi connectivity index (χ0v) is 14.4. The van der Waals surface area contributed by atoms with Gasteiger partial charge in [0.05, 0.1) is 0 Å². The fourth-order valence-electron chi connectivity index (χ4n) is 2.06. The third kappa shape index (κ3) is 17.9. The zero-order valence-electron chi connectivity index (χ0n) is 14.4. The van der Waals surface area contributed by atoms with Crippen LogP contribution in [0.2, 0.25) is 0 Å². The number of hydrogen-bond acceptors (Lipinski definition) is 2. The van der Waals surface area contributed by atoms with Crippen LogP contribution in [0, 0.1) is 0 Å². The molecule has 0 aliphatic carbocycles. The van der Waals surface area contributed by atoms with Crippen molar-refractivity contribution in [1.82, 2.24) is 10.6 Å². The maximum Gasteiger partial charge on any atom is 0.00965 e. The lowest BCUT2D eigenvalue weighted by molar-refractivity contribution is 0.410. The third-order valence-electron chi connectivity index (χ3n) is 3.16. The second-order valence-electron chi connectivity index (χ2n) is 7.83. The molecule has 2 N–H and O–H groups in total. The highest BCUT2D eigenvalue weighted by molar-refractivity contribution is 4.70. The molecular weight excluding hydrogens is 232 g/mol. The Bertz CT molecular complexity index is 176. The number of rotatable bonds is 10. The molecule has 0 radical (unpaired) electrons. The molecular formula is C17H38N2. The molecule has 0 aliphatic heterocycles. The minimum atomic E-state index is 0.278. The Morgan fingerprint density at radius 1 is 0.474 bits per heavy atom. The van der Waals surface area contributed by atoms with E-state index in [-0.39, 0.29) is 11.1 Å². The molecule has 0 spiro atoms. The van der Waals surface area contributed by atoms with Gasteiger partial charge in [-0.3, -0.25) is 0 Å². The summed E-state index contributed by atoms with van der Waals surface area (Å²) in [6, 6.07) is 0. The van der Waals surface area contributed by atoms with Gasteiger partial charge in [0.25, 0.3) is 0 Å². The Kier molecular flexibility index (Phi) is 9.72. The van der Waals surface area contributed by atoms with Crippen molar-refractivity contribution in [3.63, 3.8) is 0 Å². The van der Waals surface area contributed by atoms with Crippen LogP contribution in [0.4, 0.5) is 0 Å². The average molecular weight is 271 g/mol. The lowest BCUT2D eigenvalue weighted by Crippen LogP contribution is -2.36. The summed E-state index contributed by atoms with van der Waals surface area (Å²) in [5, 5.41) is 7.09. The minimum Gasteiger partial charge on any atom is -0.312 e. The van der Waals surface area contributed by atoms with Crippen molar-refractivity contribution in [3.05, 3.63) is 0 Å². The zero-order chi connectivity index (χ0) is 14.8. The Balaban J connectivity index is 3.12. The summed E-state index contributed by atoms with van der Waals surface area (Å²) in [6.45, 7) is 15.7. The van der Waals surface area contributed by atoms with E-state index in [1.807, 2.05) is 0 Å². The van der Waals surface area contributed by atoms with Crippen LogP contribution in [0.3, 0.4) is 0 Å². The van der Waals surface area contributed by atoms with Gasteiger partial charge < -0.3 is 10.6 Å². The van der Waals surface area contributed by atoms with Crippen LogP contribution in [0.25, 0.3) is 0 Å². The number of nitrogens with one attached hydrogen (secondary N) is 2. The van der Waals surface area contributed by atoms with E-state index in [2.05, 4.69) is 52.2 Å². The summed E-state index contributed by atoms with van der Waals surface area (Å²) < 4.78 is 0. The van der Waals surface area contributed by atoms with Gasteiger partial charge in [-0.1, -0.05) is 32.1 Å². The van der Waals surface area contributed by atoms with Crippen molar-refractivity contribution in [2.75, 3.05) is 13.1 Å². The fraction of sp³-hybridized carbons (Fsp3) is 1.00. The fourth-order valence-corrected chi connectivity index (χ4v) is 2.06. The van der Waals surface area contributed by atoms with Crippen molar-refractivity contribution in [1.29, 1.82) is 0 Å². The van der Waals surface area contributed by atoms with E-state index in [1.165, 1.54) is 58.0 Å². The molecule has 0 rings (SSSR count). The quantitative estimate of drug-likeness (QED) is 0.571. The summed E-state index contributed by atoms with van der Waals surface area (Å²) in [5.41, 5.74) is 0.556. The first-order valence-electron chi connectivity index (χ1n) is 8.21. The first-order valence-corrected chi connectivity index (χ1v) is 8.21. The van der Waals surface area contributed by atoms with Crippen LogP contribution in [-0.2, 0) is 0 Å². The van der Waals surface area contributed by atoms with E-state index in [0.29, 0.717) is 0 Å². The van der Waals surface area contributed by atoms with Crippen LogP contribution < -0.4 is 10.6 Å². The molecule has 2 nitrogen and oxygen atoms in total. The highest BCUT2D eigenvalue weighted by Crippen LogP contribution is 2.08. The molecule has 116 valence electrons. The molecule has 19 heavy (non-hydrogen) atoms. The van der Waals surface area contributed by atoms with Gasteiger partial charge in [0.2, 0.25) is 0 Å². The molecule has 0 aliphatic rings. The largest absolute Gasteiger partial charge is 0.312 e. The molecule has 0 amide bonds. The van der Waals surface area contributed by atoms with Gasteiger partial charge >= 0.3 is 0 Å². The standard InChI is InChI=1S/C17H38N2/c1-16(2,3)18-14-12-10-8-7-9-11-13-15-19-17(4,5)6/h18-19H,7-15H2,1-6H3. The van der Waals surface area contributed by atoms with Crippen molar-refractivity contribution in [2.24, 2.45) is 0 Å². The molecule has 0 bridgehead atoms. The van der Waals surface area contributed by atoms with E-state index in [4.69, 9.17) is 0 Å². The highest BCUT2D eigenvalue weighted by Gasteiger charge is 2.07. The van der Waals surface area contributed by atoms with Crippen LogP contribution in [0.15, 0.2) is 0 Å². The van der Waals surface area contributed by atoms with Gasteiger partial charge in [-0.05, 0) is 67.5 Å². The summed E-state index contributed by atoms with van der Waals surface area (Å²) >= 11 is 0. The molecule has 0 fully saturated rings. The molecule has 0 unspecified atom stereocenters. The monoisotopic (exact) mass is 270 g/mol. The summed E-state index contributed by atoms with van der Waals surface area (Å²) in [7, 11) is 0. The van der Waals surface area contributed by atoms with Gasteiger partial charge in [0.15, 0.2) is 0 Å². The third-order valence-corrected chi connectivity index (χ3v) is 3.16. The van der Waals surface area contributed by atoms with Crippen LogP contribution in [0.5, 0.6) is 0 Å². The van der Waals surface area contributed by atoms with E-state index >= 15 is 0 Å². The average Bonchev–Trinajstić information content (AvgIpc) is 2.22. The molecule has 0 aromatic rings. The predicted octanol–water partition coefficient (Wildman–Crippen LogP) is 4.49. The van der Waals surface area contributed by atoms with Gasteiger partial charge in [-0.25, -0.2) is 0 Å². The molecule has 0 saturated heterocycles. The van der Waals surface area contributed by atoms with Gasteiger partial charge in [0, 0.05) is 11.1 Å². The Hall–Kier alpha value is -0.0800. The molecule has 0 aromatic carbocycles. The molecule has 2 heteroatoms. The lowest BCUT2D eigenvalue weighted by Gasteiger charge is -2.20. The van der Waals surface area contributed by atoms with Gasteiger partial charge in [-0.15, -0.1) is 0 Å². The second-order valence-corrected chi connectivity index (χ2v) is 7.83.